The molecule has 3 aliphatic rings. The molecule has 0 radical (unpaired) electrons. The van der Waals surface area contributed by atoms with Gasteiger partial charge in [-0.15, -0.1) is 0 Å². The first-order chi connectivity index (χ1) is 8.72. The highest BCUT2D eigenvalue weighted by atomic mass is 16.5. The predicted octanol–water partition coefficient (Wildman–Crippen LogP) is 0.446. The zero-order valence-electron chi connectivity index (χ0n) is 10.7. The molecule has 0 bridgehead atoms. The molecule has 0 aliphatic carbocycles. The number of carboxylic acids is 1. The molecule has 3 rings (SSSR count). The Kier molecular flexibility index (Phi) is 3.30. The molecule has 2 N–H and O–H groups in total. The maximum absolute atomic E-state index is 11.7. The minimum Gasteiger partial charge on any atom is -0.480 e. The fourth-order valence-corrected chi connectivity index (χ4v) is 3.77. The molecule has 3 unspecified atom stereocenters. The minimum atomic E-state index is -0.734. The molecule has 5 heteroatoms. The van der Waals surface area contributed by atoms with Crippen LogP contribution in [-0.2, 0) is 9.53 Å². The second-order valence-electron chi connectivity index (χ2n) is 5.74. The molecule has 0 aromatic heterocycles. The summed E-state index contributed by atoms with van der Waals surface area (Å²) >= 11 is 0. The topological polar surface area (TPSA) is 61.8 Å². The Hall–Kier alpha value is -0.650. The molecule has 3 heterocycles. The van der Waals surface area contributed by atoms with E-state index in [2.05, 4.69) is 10.2 Å². The third-order valence-electron chi connectivity index (χ3n) is 4.78. The number of carbonyl (C=O) groups is 1. The van der Waals surface area contributed by atoms with E-state index >= 15 is 0 Å². The number of aliphatic carboxylic acids is 1. The van der Waals surface area contributed by atoms with E-state index in [1.54, 1.807) is 0 Å². The number of rotatable bonds is 4. The summed E-state index contributed by atoms with van der Waals surface area (Å²) in [5.41, 5.74) is -0.734. The molecule has 18 heavy (non-hydrogen) atoms. The van der Waals surface area contributed by atoms with Crippen molar-refractivity contribution in [3.05, 3.63) is 0 Å². The van der Waals surface area contributed by atoms with E-state index in [1.165, 1.54) is 0 Å². The van der Waals surface area contributed by atoms with E-state index in [0.717, 1.165) is 51.8 Å². The van der Waals surface area contributed by atoms with Gasteiger partial charge in [0.25, 0.3) is 0 Å². The Morgan fingerprint density at radius 2 is 2.28 bits per heavy atom. The Morgan fingerprint density at radius 1 is 1.39 bits per heavy atom. The summed E-state index contributed by atoms with van der Waals surface area (Å²) < 4.78 is 5.58. The highest BCUT2D eigenvalue weighted by Gasteiger charge is 2.54. The van der Waals surface area contributed by atoms with Crippen molar-refractivity contribution in [1.29, 1.82) is 0 Å². The fraction of sp³-hybridized carbons (Fsp3) is 0.923. The Labute approximate surface area is 107 Å². The first-order valence-corrected chi connectivity index (χ1v) is 7.06. The number of hydrogen-bond donors (Lipinski definition) is 2. The molecule has 0 aromatic rings. The number of nitrogens with one attached hydrogen (secondary N) is 1. The maximum atomic E-state index is 11.7. The van der Waals surface area contributed by atoms with Crippen LogP contribution < -0.4 is 5.32 Å². The van der Waals surface area contributed by atoms with E-state index < -0.39 is 11.5 Å². The van der Waals surface area contributed by atoms with E-state index in [1.807, 2.05) is 0 Å². The first kappa shape index (κ1) is 12.4. The van der Waals surface area contributed by atoms with Crippen LogP contribution >= 0.6 is 0 Å². The van der Waals surface area contributed by atoms with Crippen molar-refractivity contribution in [3.63, 3.8) is 0 Å². The number of carboxylic acid groups (broad SMARTS) is 1. The molecule has 3 saturated heterocycles. The summed E-state index contributed by atoms with van der Waals surface area (Å²) in [5.74, 6) is -0.685. The molecule has 3 aliphatic heterocycles. The van der Waals surface area contributed by atoms with E-state index in [9.17, 15) is 9.90 Å². The lowest BCUT2D eigenvalue weighted by Crippen LogP contribution is -2.60. The van der Waals surface area contributed by atoms with Gasteiger partial charge in [0.15, 0.2) is 0 Å². The summed E-state index contributed by atoms with van der Waals surface area (Å²) in [6.07, 6.45) is 5.21. The summed E-state index contributed by atoms with van der Waals surface area (Å²) in [6.45, 7) is 3.47. The van der Waals surface area contributed by atoms with Crippen LogP contribution in [0.1, 0.15) is 32.1 Å². The molecule has 5 nitrogen and oxygen atoms in total. The lowest BCUT2D eigenvalue weighted by Gasteiger charge is -2.33. The predicted molar refractivity (Wildman–Crippen MR) is 66.6 cm³/mol. The van der Waals surface area contributed by atoms with Gasteiger partial charge in [-0.05, 0) is 38.6 Å². The van der Waals surface area contributed by atoms with Crippen molar-refractivity contribution in [2.45, 2.75) is 49.8 Å². The average Bonchev–Trinajstić information content (AvgIpc) is 3.05. The van der Waals surface area contributed by atoms with E-state index in [0.29, 0.717) is 6.54 Å². The lowest BCUT2D eigenvalue weighted by atomic mass is 9.88. The third kappa shape index (κ3) is 1.94. The van der Waals surface area contributed by atoms with Gasteiger partial charge in [0, 0.05) is 25.7 Å². The van der Waals surface area contributed by atoms with E-state index in [-0.39, 0.29) is 12.1 Å². The number of fused-ring (bicyclic) bond motifs is 1. The van der Waals surface area contributed by atoms with Crippen LogP contribution in [0.15, 0.2) is 0 Å². The third-order valence-corrected chi connectivity index (χ3v) is 4.78. The van der Waals surface area contributed by atoms with Crippen LogP contribution in [-0.4, -0.2) is 59.9 Å². The fourth-order valence-electron chi connectivity index (χ4n) is 3.77. The van der Waals surface area contributed by atoms with Gasteiger partial charge in [-0.1, -0.05) is 0 Å². The first-order valence-electron chi connectivity index (χ1n) is 7.06. The van der Waals surface area contributed by atoms with Gasteiger partial charge >= 0.3 is 5.97 Å². The van der Waals surface area contributed by atoms with Gasteiger partial charge in [0.2, 0.25) is 0 Å². The largest absolute Gasteiger partial charge is 0.480 e. The summed E-state index contributed by atoms with van der Waals surface area (Å²) in [4.78, 5) is 14.1. The zero-order chi connectivity index (χ0) is 12.6. The normalized spacial score (nSPS) is 40.2. The monoisotopic (exact) mass is 254 g/mol. The lowest BCUT2D eigenvalue weighted by molar-refractivity contribution is -0.146. The summed E-state index contributed by atoms with van der Waals surface area (Å²) in [7, 11) is 0. The molecule has 0 saturated carbocycles. The second-order valence-corrected chi connectivity index (χ2v) is 5.74. The second kappa shape index (κ2) is 4.79. The smallest absolute Gasteiger partial charge is 0.325 e. The minimum absolute atomic E-state index is 0.177. The number of nitrogens with zero attached hydrogens (tertiary/aromatic N) is 1. The van der Waals surface area contributed by atoms with Gasteiger partial charge in [0.1, 0.15) is 5.54 Å². The molecule has 3 atom stereocenters. The number of hydrogen-bond acceptors (Lipinski definition) is 4. The Bertz CT molecular complexity index is 330. The molecular weight excluding hydrogens is 232 g/mol. The van der Waals surface area contributed by atoms with Gasteiger partial charge in [-0.3, -0.25) is 15.0 Å². The highest BCUT2D eigenvalue weighted by molar-refractivity contribution is 5.80. The van der Waals surface area contributed by atoms with E-state index in [4.69, 9.17) is 4.74 Å². The highest BCUT2D eigenvalue weighted by Crippen LogP contribution is 2.36. The van der Waals surface area contributed by atoms with Gasteiger partial charge in [-0.25, -0.2) is 0 Å². The molecule has 0 aromatic carbocycles. The SMILES string of the molecule is O=C(O)C1(NCC2CCCO2)CCN2CCCC21. The van der Waals surface area contributed by atoms with Crippen LogP contribution in [0.3, 0.4) is 0 Å². The summed E-state index contributed by atoms with van der Waals surface area (Å²) in [5, 5.41) is 13.0. The molecule has 102 valence electrons. The van der Waals surface area contributed by atoms with Crippen molar-refractivity contribution in [3.8, 4) is 0 Å². The number of ether oxygens (including phenoxy) is 1. The van der Waals surface area contributed by atoms with Crippen LogP contribution in [0.5, 0.6) is 0 Å². The van der Waals surface area contributed by atoms with Gasteiger partial charge in [-0.2, -0.15) is 0 Å². The van der Waals surface area contributed by atoms with Crippen molar-refractivity contribution in [2.24, 2.45) is 0 Å². The van der Waals surface area contributed by atoms with Gasteiger partial charge in [0.05, 0.1) is 6.10 Å². The van der Waals surface area contributed by atoms with Crippen molar-refractivity contribution < 1.29 is 14.6 Å². The Balaban J connectivity index is 1.69. The van der Waals surface area contributed by atoms with Crippen molar-refractivity contribution in [2.75, 3.05) is 26.2 Å². The zero-order valence-corrected chi connectivity index (χ0v) is 10.7. The Morgan fingerprint density at radius 3 is 3.00 bits per heavy atom. The molecule has 3 fully saturated rings. The van der Waals surface area contributed by atoms with Crippen LogP contribution in [0.4, 0.5) is 0 Å². The van der Waals surface area contributed by atoms with Crippen molar-refractivity contribution in [1.82, 2.24) is 10.2 Å². The van der Waals surface area contributed by atoms with Crippen LogP contribution in [0.25, 0.3) is 0 Å². The molecule has 0 spiro atoms. The molecule has 0 amide bonds. The molecular formula is C13H22N2O3. The quantitative estimate of drug-likeness (QED) is 0.762. The maximum Gasteiger partial charge on any atom is 0.325 e. The van der Waals surface area contributed by atoms with Crippen LogP contribution in [0, 0.1) is 0 Å². The van der Waals surface area contributed by atoms with Gasteiger partial charge < -0.3 is 9.84 Å². The average molecular weight is 254 g/mol. The standard InChI is InChI=1S/C13H22N2O3/c16-12(17)13(14-9-10-3-2-8-18-10)5-7-15-6-1-4-11(13)15/h10-11,14H,1-9H2,(H,16,17). The van der Waals surface area contributed by atoms with Crippen molar-refractivity contribution >= 4 is 5.97 Å². The summed E-state index contributed by atoms with van der Waals surface area (Å²) in [6, 6.07) is 0.177. The van der Waals surface area contributed by atoms with Crippen LogP contribution in [0.2, 0.25) is 0 Å².